The molecule has 1 atom stereocenters. The van der Waals surface area contributed by atoms with E-state index in [0.717, 1.165) is 29.4 Å². The lowest BCUT2D eigenvalue weighted by Gasteiger charge is -2.26. The first-order valence-electron chi connectivity index (χ1n) is 7.51. The van der Waals surface area contributed by atoms with E-state index in [9.17, 15) is 5.11 Å². The van der Waals surface area contributed by atoms with E-state index in [1.807, 2.05) is 0 Å². The van der Waals surface area contributed by atoms with Crippen molar-refractivity contribution in [3.63, 3.8) is 0 Å². The molecular formula is C16H22BrNO. The van der Waals surface area contributed by atoms with Gasteiger partial charge in [-0.2, -0.15) is 0 Å². The topological polar surface area (TPSA) is 32.3 Å². The van der Waals surface area contributed by atoms with Crippen LogP contribution in [0.25, 0.3) is 0 Å². The Labute approximate surface area is 123 Å². The molecule has 19 heavy (non-hydrogen) atoms. The van der Waals surface area contributed by atoms with Gasteiger partial charge in [-0.3, -0.25) is 0 Å². The second-order valence-electron chi connectivity index (χ2n) is 5.89. The second-order valence-corrected chi connectivity index (χ2v) is 6.69. The summed E-state index contributed by atoms with van der Waals surface area (Å²) in [5, 5.41) is 14.0. The number of fused-ring (bicyclic) bond motifs is 1. The molecule has 3 heteroatoms. The van der Waals surface area contributed by atoms with Crippen LogP contribution < -0.4 is 5.32 Å². The maximum Gasteiger partial charge on any atom is 0.133 e. The van der Waals surface area contributed by atoms with Crippen LogP contribution in [-0.2, 0) is 19.3 Å². The van der Waals surface area contributed by atoms with Gasteiger partial charge in [-0.1, -0.05) is 12.5 Å². The standard InChI is InChI=1S/C16H22BrNO/c17-15-14-7-2-1-5-11(14)9-12(16(15)19)10-13-6-3-4-8-18-13/h9,13,18-19H,1-8,10H2. The summed E-state index contributed by atoms with van der Waals surface area (Å²) in [4.78, 5) is 0. The molecule has 1 saturated heterocycles. The highest BCUT2D eigenvalue weighted by Crippen LogP contribution is 2.38. The smallest absolute Gasteiger partial charge is 0.133 e. The maximum atomic E-state index is 10.4. The van der Waals surface area contributed by atoms with Crippen LogP contribution in [0.15, 0.2) is 10.5 Å². The first-order chi connectivity index (χ1) is 9.25. The number of rotatable bonds is 2. The van der Waals surface area contributed by atoms with Gasteiger partial charge in [0.1, 0.15) is 5.75 Å². The lowest BCUT2D eigenvalue weighted by Crippen LogP contribution is -2.35. The Kier molecular flexibility index (Phi) is 4.13. The Morgan fingerprint density at radius 2 is 2.05 bits per heavy atom. The van der Waals surface area contributed by atoms with Crippen LogP contribution in [0, 0.1) is 0 Å². The molecule has 0 saturated carbocycles. The van der Waals surface area contributed by atoms with Gasteiger partial charge in [0.05, 0.1) is 4.47 Å². The van der Waals surface area contributed by atoms with Gasteiger partial charge in [-0.15, -0.1) is 0 Å². The van der Waals surface area contributed by atoms with E-state index < -0.39 is 0 Å². The summed E-state index contributed by atoms with van der Waals surface area (Å²) in [5.41, 5.74) is 3.90. The number of nitrogens with one attached hydrogen (secondary N) is 1. The number of halogens is 1. The predicted molar refractivity (Wildman–Crippen MR) is 81.8 cm³/mol. The van der Waals surface area contributed by atoms with Gasteiger partial charge in [0.2, 0.25) is 0 Å². The van der Waals surface area contributed by atoms with E-state index in [2.05, 4.69) is 27.3 Å². The van der Waals surface area contributed by atoms with Gasteiger partial charge in [-0.05, 0) is 84.1 Å². The number of piperidine rings is 1. The molecule has 0 radical (unpaired) electrons. The van der Waals surface area contributed by atoms with Crippen molar-refractivity contribution in [2.75, 3.05) is 6.54 Å². The summed E-state index contributed by atoms with van der Waals surface area (Å²) in [6.07, 6.45) is 9.58. The average molecular weight is 324 g/mol. The fraction of sp³-hybridized carbons (Fsp3) is 0.625. The zero-order valence-corrected chi connectivity index (χ0v) is 12.9. The molecule has 2 aliphatic rings. The molecule has 1 aliphatic heterocycles. The SMILES string of the molecule is Oc1c(CC2CCCCN2)cc2c(c1Br)CCCC2. The zero-order chi connectivity index (χ0) is 13.2. The fourth-order valence-electron chi connectivity index (χ4n) is 3.42. The number of phenols is 1. The van der Waals surface area contributed by atoms with Crippen molar-refractivity contribution in [3.8, 4) is 5.75 Å². The molecule has 2 N–H and O–H groups in total. The molecule has 1 aromatic rings. The lowest BCUT2D eigenvalue weighted by atomic mass is 9.88. The van der Waals surface area contributed by atoms with Crippen LogP contribution in [0.5, 0.6) is 5.75 Å². The molecule has 1 aromatic carbocycles. The van der Waals surface area contributed by atoms with Crippen LogP contribution >= 0.6 is 15.9 Å². The Hall–Kier alpha value is -0.540. The third-order valence-electron chi connectivity index (χ3n) is 4.51. The Balaban J connectivity index is 1.86. The van der Waals surface area contributed by atoms with Gasteiger partial charge in [0.25, 0.3) is 0 Å². The summed E-state index contributed by atoms with van der Waals surface area (Å²) >= 11 is 3.61. The fourth-order valence-corrected chi connectivity index (χ4v) is 4.13. The monoisotopic (exact) mass is 323 g/mol. The van der Waals surface area contributed by atoms with Crippen molar-refractivity contribution in [2.24, 2.45) is 0 Å². The van der Waals surface area contributed by atoms with Crippen LogP contribution in [0.1, 0.15) is 48.8 Å². The number of benzene rings is 1. The molecule has 1 unspecified atom stereocenters. The Morgan fingerprint density at radius 3 is 2.84 bits per heavy atom. The van der Waals surface area contributed by atoms with Crippen molar-refractivity contribution in [3.05, 3.63) is 27.2 Å². The molecule has 2 nitrogen and oxygen atoms in total. The minimum absolute atomic E-state index is 0.480. The summed E-state index contributed by atoms with van der Waals surface area (Å²) in [5.74, 6) is 0.480. The molecular weight excluding hydrogens is 302 g/mol. The largest absolute Gasteiger partial charge is 0.506 e. The van der Waals surface area contributed by atoms with E-state index >= 15 is 0 Å². The summed E-state index contributed by atoms with van der Waals surface area (Å²) in [6, 6.07) is 2.79. The van der Waals surface area contributed by atoms with E-state index in [0.29, 0.717) is 11.8 Å². The lowest BCUT2D eigenvalue weighted by molar-refractivity contribution is 0.391. The number of hydrogen-bond acceptors (Lipinski definition) is 2. The third-order valence-corrected chi connectivity index (χ3v) is 5.37. The van der Waals surface area contributed by atoms with E-state index in [1.165, 1.54) is 49.7 Å². The summed E-state index contributed by atoms with van der Waals surface area (Å²) in [6.45, 7) is 1.12. The molecule has 0 bridgehead atoms. The van der Waals surface area contributed by atoms with E-state index in [4.69, 9.17) is 0 Å². The second kappa shape index (κ2) is 5.84. The minimum Gasteiger partial charge on any atom is -0.506 e. The highest BCUT2D eigenvalue weighted by Gasteiger charge is 2.21. The number of phenolic OH excluding ortho intramolecular Hbond substituents is 1. The van der Waals surface area contributed by atoms with Gasteiger partial charge in [0.15, 0.2) is 0 Å². The van der Waals surface area contributed by atoms with Crippen LogP contribution in [0.4, 0.5) is 0 Å². The first kappa shape index (κ1) is 13.4. The van der Waals surface area contributed by atoms with Gasteiger partial charge < -0.3 is 10.4 Å². The molecule has 0 aromatic heterocycles. The van der Waals surface area contributed by atoms with E-state index in [1.54, 1.807) is 0 Å². The van der Waals surface area contributed by atoms with Gasteiger partial charge in [0, 0.05) is 6.04 Å². The molecule has 1 aliphatic carbocycles. The number of aromatic hydroxyl groups is 1. The van der Waals surface area contributed by atoms with Crippen LogP contribution in [0.3, 0.4) is 0 Å². The van der Waals surface area contributed by atoms with Crippen molar-refractivity contribution < 1.29 is 5.11 Å². The van der Waals surface area contributed by atoms with Crippen LogP contribution in [0.2, 0.25) is 0 Å². The summed E-state index contributed by atoms with van der Waals surface area (Å²) < 4.78 is 0.954. The molecule has 1 fully saturated rings. The van der Waals surface area contributed by atoms with E-state index in [-0.39, 0.29) is 0 Å². The highest BCUT2D eigenvalue weighted by atomic mass is 79.9. The Morgan fingerprint density at radius 1 is 1.21 bits per heavy atom. The molecule has 0 spiro atoms. The minimum atomic E-state index is 0.480. The zero-order valence-electron chi connectivity index (χ0n) is 11.3. The van der Waals surface area contributed by atoms with Crippen molar-refractivity contribution in [1.82, 2.24) is 5.32 Å². The molecule has 1 heterocycles. The molecule has 104 valence electrons. The van der Waals surface area contributed by atoms with Crippen molar-refractivity contribution in [1.29, 1.82) is 0 Å². The third kappa shape index (κ3) is 2.82. The van der Waals surface area contributed by atoms with Gasteiger partial charge >= 0.3 is 0 Å². The van der Waals surface area contributed by atoms with Crippen molar-refractivity contribution >= 4 is 15.9 Å². The number of aryl methyl sites for hydroxylation is 1. The van der Waals surface area contributed by atoms with Crippen molar-refractivity contribution in [2.45, 2.75) is 57.4 Å². The number of hydrogen-bond donors (Lipinski definition) is 2. The maximum absolute atomic E-state index is 10.4. The van der Waals surface area contributed by atoms with Crippen LogP contribution in [-0.4, -0.2) is 17.7 Å². The quantitative estimate of drug-likeness (QED) is 0.869. The predicted octanol–water partition coefficient (Wildman–Crippen LogP) is 3.72. The highest BCUT2D eigenvalue weighted by molar-refractivity contribution is 9.10. The average Bonchev–Trinajstić information content (AvgIpc) is 2.46. The normalized spacial score (nSPS) is 23.1. The Bertz CT molecular complexity index is 466. The van der Waals surface area contributed by atoms with Gasteiger partial charge in [-0.25, -0.2) is 0 Å². The first-order valence-corrected chi connectivity index (χ1v) is 8.30. The molecule has 0 amide bonds. The summed E-state index contributed by atoms with van der Waals surface area (Å²) in [7, 11) is 0. The molecule has 3 rings (SSSR count).